The summed E-state index contributed by atoms with van der Waals surface area (Å²) in [6.07, 6.45) is 4.29. The Morgan fingerprint density at radius 1 is 1.53 bits per heavy atom. The number of aromatic nitrogens is 3. The Kier molecular flexibility index (Phi) is 3.58. The molecule has 0 amide bonds. The Bertz CT molecular complexity index is 404. The molecule has 5 heteroatoms. The zero-order valence-electron chi connectivity index (χ0n) is 10.4. The molecule has 1 fully saturated rings. The number of hydrogen-bond acceptors (Lipinski definition) is 4. The quantitative estimate of drug-likeness (QED) is 0.624. The van der Waals surface area contributed by atoms with Crippen LogP contribution in [0.3, 0.4) is 0 Å². The summed E-state index contributed by atoms with van der Waals surface area (Å²) < 4.78 is 2.11. The van der Waals surface area contributed by atoms with Gasteiger partial charge < -0.3 is 9.67 Å². The smallest absolute Gasteiger partial charge is 0.191 e. The van der Waals surface area contributed by atoms with Crippen molar-refractivity contribution in [2.45, 2.75) is 49.9 Å². The van der Waals surface area contributed by atoms with Crippen molar-refractivity contribution in [3.05, 3.63) is 18.5 Å². The molecule has 0 unspecified atom stereocenters. The van der Waals surface area contributed by atoms with Gasteiger partial charge in [0.25, 0.3) is 0 Å². The fourth-order valence-corrected chi connectivity index (χ4v) is 2.50. The lowest BCUT2D eigenvalue weighted by Gasteiger charge is -2.16. The van der Waals surface area contributed by atoms with Gasteiger partial charge >= 0.3 is 0 Å². The third-order valence-electron chi connectivity index (χ3n) is 2.55. The Morgan fingerprint density at radius 3 is 2.76 bits per heavy atom. The molecule has 94 valence electrons. The van der Waals surface area contributed by atoms with Crippen molar-refractivity contribution in [1.82, 2.24) is 14.8 Å². The van der Waals surface area contributed by atoms with Gasteiger partial charge in [-0.1, -0.05) is 17.8 Å². The van der Waals surface area contributed by atoms with Crippen LogP contribution in [0, 0.1) is 0 Å². The van der Waals surface area contributed by atoms with Crippen LogP contribution >= 0.6 is 11.8 Å². The molecule has 1 saturated carbocycles. The average molecular weight is 253 g/mol. The van der Waals surface area contributed by atoms with Crippen molar-refractivity contribution in [2.75, 3.05) is 5.75 Å². The van der Waals surface area contributed by atoms with Gasteiger partial charge in [0.2, 0.25) is 0 Å². The van der Waals surface area contributed by atoms with Gasteiger partial charge in [-0.3, -0.25) is 0 Å². The van der Waals surface area contributed by atoms with E-state index in [9.17, 15) is 5.11 Å². The van der Waals surface area contributed by atoms with Gasteiger partial charge in [-0.15, -0.1) is 16.8 Å². The van der Waals surface area contributed by atoms with Crippen LogP contribution in [-0.2, 0) is 6.54 Å². The van der Waals surface area contributed by atoms with Gasteiger partial charge in [0.15, 0.2) is 5.16 Å². The molecule has 0 aromatic carbocycles. The largest absolute Gasteiger partial charge is 0.390 e. The van der Waals surface area contributed by atoms with E-state index in [-0.39, 0.29) is 0 Å². The van der Waals surface area contributed by atoms with Crippen molar-refractivity contribution >= 4 is 11.8 Å². The number of thioether (sulfide) groups is 1. The van der Waals surface area contributed by atoms with Crippen molar-refractivity contribution in [3.63, 3.8) is 0 Å². The maximum absolute atomic E-state index is 9.73. The lowest BCUT2D eigenvalue weighted by atomic mass is 10.2. The molecule has 1 aliphatic rings. The minimum atomic E-state index is -0.685. The van der Waals surface area contributed by atoms with Crippen molar-refractivity contribution in [2.24, 2.45) is 0 Å². The first-order valence-corrected chi connectivity index (χ1v) is 6.89. The van der Waals surface area contributed by atoms with Crippen LogP contribution < -0.4 is 0 Å². The summed E-state index contributed by atoms with van der Waals surface area (Å²) in [5.41, 5.74) is -0.685. The second-order valence-corrected chi connectivity index (χ2v) is 6.06. The number of rotatable bonds is 6. The molecule has 4 nitrogen and oxygen atoms in total. The topological polar surface area (TPSA) is 50.9 Å². The zero-order chi connectivity index (χ0) is 12.5. The normalized spacial score (nSPS) is 16.2. The summed E-state index contributed by atoms with van der Waals surface area (Å²) in [5.74, 6) is 2.27. The average Bonchev–Trinajstić information content (AvgIpc) is 2.99. The molecule has 1 aromatic heterocycles. The minimum absolute atomic E-state index is 0.582. The Balaban J connectivity index is 2.12. The van der Waals surface area contributed by atoms with Gasteiger partial charge in [0.05, 0.1) is 5.60 Å². The number of hydrogen-bond donors (Lipinski definition) is 1. The summed E-state index contributed by atoms with van der Waals surface area (Å²) in [5, 5.41) is 19.1. The molecule has 0 saturated heterocycles. The molecule has 0 bridgehead atoms. The molecule has 2 rings (SSSR count). The van der Waals surface area contributed by atoms with E-state index >= 15 is 0 Å². The maximum atomic E-state index is 9.73. The summed E-state index contributed by atoms with van der Waals surface area (Å²) in [4.78, 5) is 0. The van der Waals surface area contributed by atoms with E-state index in [1.807, 2.05) is 6.08 Å². The Labute approximate surface area is 106 Å². The summed E-state index contributed by atoms with van der Waals surface area (Å²) in [7, 11) is 0. The predicted octanol–water partition coefficient (Wildman–Crippen LogP) is 2.20. The molecular weight excluding hydrogens is 234 g/mol. The van der Waals surface area contributed by atoms with Crippen LogP contribution in [0.4, 0.5) is 0 Å². The van der Waals surface area contributed by atoms with Crippen molar-refractivity contribution in [1.29, 1.82) is 0 Å². The van der Waals surface area contributed by atoms with E-state index in [4.69, 9.17) is 0 Å². The minimum Gasteiger partial charge on any atom is -0.390 e. The first-order valence-electron chi connectivity index (χ1n) is 5.90. The molecule has 0 radical (unpaired) electrons. The van der Waals surface area contributed by atoms with Crippen LogP contribution in [0.2, 0.25) is 0 Å². The fourth-order valence-electron chi connectivity index (χ4n) is 1.59. The van der Waals surface area contributed by atoms with Crippen molar-refractivity contribution < 1.29 is 5.11 Å². The van der Waals surface area contributed by atoms with Gasteiger partial charge in [-0.25, -0.2) is 0 Å². The van der Waals surface area contributed by atoms with Gasteiger partial charge in [-0.05, 0) is 26.7 Å². The molecule has 1 heterocycles. The highest BCUT2D eigenvalue weighted by molar-refractivity contribution is 7.99. The summed E-state index contributed by atoms with van der Waals surface area (Å²) >= 11 is 1.55. The summed E-state index contributed by atoms with van der Waals surface area (Å²) in [6, 6.07) is 0. The number of nitrogens with zero attached hydrogens (tertiary/aromatic N) is 3. The van der Waals surface area contributed by atoms with Crippen LogP contribution in [0.15, 0.2) is 17.8 Å². The van der Waals surface area contributed by atoms with Crippen LogP contribution in [0.1, 0.15) is 38.4 Å². The number of allylic oxidation sites excluding steroid dienone is 1. The first-order chi connectivity index (χ1) is 8.01. The second kappa shape index (κ2) is 4.82. The monoisotopic (exact) mass is 253 g/mol. The second-order valence-electron chi connectivity index (χ2n) is 5.12. The molecule has 1 aliphatic carbocycles. The van der Waals surface area contributed by atoms with E-state index in [1.165, 1.54) is 12.8 Å². The lowest BCUT2D eigenvalue weighted by molar-refractivity contribution is 0.107. The third-order valence-corrected chi connectivity index (χ3v) is 3.97. The van der Waals surface area contributed by atoms with Gasteiger partial charge in [0.1, 0.15) is 5.82 Å². The molecule has 1 N–H and O–H groups in total. The molecule has 0 aliphatic heterocycles. The standard InChI is InChI=1S/C12H19N3OS/c1-4-7-15-10(9-5-6-9)13-14-11(15)17-8-12(2,3)16/h4,9,16H,1,5-8H2,2-3H3. The SMILES string of the molecule is C=CCn1c(SCC(C)(C)O)nnc1C1CC1. The molecule has 17 heavy (non-hydrogen) atoms. The molecular formula is C12H19N3OS. The highest BCUT2D eigenvalue weighted by Gasteiger charge is 2.30. The van der Waals surface area contributed by atoms with Crippen LogP contribution in [0.25, 0.3) is 0 Å². The Hall–Kier alpha value is -0.810. The van der Waals surface area contributed by atoms with E-state index in [1.54, 1.807) is 25.6 Å². The van der Waals surface area contributed by atoms with E-state index in [0.717, 1.165) is 17.5 Å². The highest BCUT2D eigenvalue weighted by atomic mass is 32.2. The van der Waals surface area contributed by atoms with E-state index < -0.39 is 5.60 Å². The molecule has 1 aromatic rings. The van der Waals surface area contributed by atoms with Crippen LogP contribution in [0.5, 0.6) is 0 Å². The number of aliphatic hydroxyl groups is 1. The van der Waals surface area contributed by atoms with Crippen molar-refractivity contribution in [3.8, 4) is 0 Å². The first kappa shape index (κ1) is 12.6. The Morgan fingerprint density at radius 2 is 2.24 bits per heavy atom. The van der Waals surface area contributed by atoms with Gasteiger partial charge in [0, 0.05) is 18.2 Å². The van der Waals surface area contributed by atoms with Gasteiger partial charge in [-0.2, -0.15) is 0 Å². The highest BCUT2D eigenvalue weighted by Crippen LogP contribution is 2.40. The maximum Gasteiger partial charge on any atom is 0.191 e. The molecule has 0 atom stereocenters. The fraction of sp³-hybridized carbons (Fsp3) is 0.667. The lowest BCUT2D eigenvalue weighted by Crippen LogP contribution is -2.22. The summed E-state index contributed by atoms with van der Waals surface area (Å²) in [6.45, 7) is 8.12. The zero-order valence-corrected chi connectivity index (χ0v) is 11.2. The molecule has 0 spiro atoms. The van der Waals surface area contributed by atoms with E-state index in [2.05, 4.69) is 21.3 Å². The predicted molar refractivity (Wildman–Crippen MR) is 69.2 cm³/mol. The van der Waals surface area contributed by atoms with Crippen LogP contribution in [-0.4, -0.2) is 31.2 Å². The van der Waals surface area contributed by atoms with E-state index in [0.29, 0.717) is 11.7 Å². The third kappa shape index (κ3) is 3.33.